The fourth-order valence-electron chi connectivity index (χ4n) is 2.15. The van der Waals surface area contributed by atoms with Crippen LogP contribution in [0.5, 0.6) is 0 Å². The second-order valence-electron chi connectivity index (χ2n) is 4.91. The molecule has 21 heavy (non-hydrogen) atoms. The van der Waals surface area contributed by atoms with Crippen molar-refractivity contribution in [2.45, 2.75) is 19.8 Å². The molecule has 1 aromatic carbocycles. The van der Waals surface area contributed by atoms with Gasteiger partial charge in [-0.25, -0.2) is 0 Å². The van der Waals surface area contributed by atoms with E-state index in [9.17, 15) is 9.59 Å². The summed E-state index contributed by atoms with van der Waals surface area (Å²) >= 11 is 0. The minimum atomic E-state index is -0.149. The monoisotopic (exact) mass is 291 g/mol. The van der Waals surface area contributed by atoms with Crippen LogP contribution in [0.3, 0.4) is 0 Å². The Hall–Kier alpha value is -1.88. The number of rotatable bonds is 8. The van der Waals surface area contributed by atoms with Gasteiger partial charge in [0.15, 0.2) is 0 Å². The second kappa shape index (κ2) is 9.13. The first kappa shape index (κ1) is 17.2. The van der Waals surface area contributed by atoms with E-state index in [0.717, 1.165) is 24.9 Å². The highest BCUT2D eigenvalue weighted by atomic mass is 16.2. The third-order valence-electron chi connectivity index (χ3n) is 3.29. The van der Waals surface area contributed by atoms with Crippen molar-refractivity contribution in [1.82, 2.24) is 15.5 Å². The lowest BCUT2D eigenvalue weighted by atomic mass is 10.0. The molecule has 1 aromatic rings. The van der Waals surface area contributed by atoms with Crippen LogP contribution in [0.15, 0.2) is 24.3 Å². The number of nitrogens with zero attached hydrogens (tertiary/aromatic N) is 1. The number of benzene rings is 1. The number of hydrogen-bond acceptors (Lipinski definition) is 3. The lowest BCUT2D eigenvalue weighted by Crippen LogP contribution is -2.40. The van der Waals surface area contributed by atoms with Crippen LogP contribution in [0, 0.1) is 0 Å². The quantitative estimate of drug-likeness (QED) is 0.752. The number of nitrogens with one attached hydrogen (secondary N) is 2. The Balaban J connectivity index is 2.94. The van der Waals surface area contributed by atoms with Crippen molar-refractivity contribution < 1.29 is 9.59 Å². The topological polar surface area (TPSA) is 61.4 Å². The fourth-order valence-corrected chi connectivity index (χ4v) is 2.15. The van der Waals surface area contributed by atoms with Crippen molar-refractivity contribution in [2.75, 3.05) is 33.7 Å². The van der Waals surface area contributed by atoms with Gasteiger partial charge in [-0.3, -0.25) is 9.59 Å². The molecule has 0 spiro atoms. The molecule has 0 aliphatic rings. The van der Waals surface area contributed by atoms with Crippen LogP contribution in [-0.4, -0.2) is 50.4 Å². The van der Waals surface area contributed by atoms with Crippen LogP contribution in [0.25, 0.3) is 0 Å². The summed E-state index contributed by atoms with van der Waals surface area (Å²) in [5.41, 5.74) is 1.69. The Bertz CT molecular complexity index is 474. The van der Waals surface area contributed by atoms with Crippen molar-refractivity contribution in [3.8, 4) is 0 Å². The maximum Gasteiger partial charge on any atom is 0.254 e. The van der Waals surface area contributed by atoms with Gasteiger partial charge in [-0.15, -0.1) is 0 Å². The maximum absolute atomic E-state index is 12.7. The van der Waals surface area contributed by atoms with Crippen LogP contribution in [0.1, 0.15) is 29.3 Å². The predicted octanol–water partition coefficient (Wildman–Crippen LogP) is 1.05. The highest BCUT2D eigenvalue weighted by Gasteiger charge is 2.19. The van der Waals surface area contributed by atoms with Gasteiger partial charge in [0.1, 0.15) is 0 Å². The zero-order chi connectivity index (χ0) is 15.7. The number of amides is 2. The first-order chi connectivity index (χ1) is 10.1. The molecule has 0 fully saturated rings. The molecular formula is C16H25N3O2. The Morgan fingerprint density at radius 3 is 2.52 bits per heavy atom. The molecule has 0 unspecified atom stereocenters. The van der Waals surface area contributed by atoms with Gasteiger partial charge >= 0.3 is 0 Å². The summed E-state index contributed by atoms with van der Waals surface area (Å²) in [6, 6.07) is 7.60. The lowest BCUT2D eigenvalue weighted by molar-refractivity contribution is -0.121. The van der Waals surface area contributed by atoms with E-state index >= 15 is 0 Å². The molecule has 0 aromatic heterocycles. The summed E-state index contributed by atoms with van der Waals surface area (Å²) in [5, 5.41) is 5.66. The van der Waals surface area contributed by atoms with Crippen LogP contribution in [-0.2, 0) is 11.2 Å². The summed E-state index contributed by atoms with van der Waals surface area (Å²) in [5.74, 6) is -0.225. The molecule has 0 heterocycles. The molecule has 2 N–H and O–H groups in total. The Labute approximate surface area is 126 Å². The molecule has 0 atom stereocenters. The number of carbonyl (C=O) groups is 2. The van der Waals surface area contributed by atoms with Crippen LogP contribution in [0.2, 0.25) is 0 Å². The minimum Gasteiger partial charge on any atom is -0.358 e. The van der Waals surface area contributed by atoms with E-state index in [4.69, 9.17) is 0 Å². The molecule has 5 heteroatoms. The van der Waals surface area contributed by atoms with Gasteiger partial charge in [-0.2, -0.15) is 0 Å². The van der Waals surface area contributed by atoms with E-state index in [0.29, 0.717) is 12.1 Å². The van der Waals surface area contributed by atoms with Crippen molar-refractivity contribution >= 4 is 11.8 Å². The maximum atomic E-state index is 12.7. The van der Waals surface area contributed by atoms with E-state index in [-0.39, 0.29) is 18.4 Å². The van der Waals surface area contributed by atoms with Gasteiger partial charge in [0, 0.05) is 19.2 Å². The summed E-state index contributed by atoms with van der Waals surface area (Å²) in [4.78, 5) is 25.9. The smallest absolute Gasteiger partial charge is 0.254 e. The zero-order valence-corrected chi connectivity index (χ0v) is 13.1. The molecule has 0 radical (unpaired) electrons. The van der Waals surface area contributed by atoms with Gasteiger partial charge in [0.25, 0.3) is 5.91 Å². The molecule has 116 valence electrons. The number of hydrogen-bond donors (Lipinski definition) is 2. The van der Waals surface area contributed by atoms with Crippen molar-refractivity contribution in [3.63, 3.8) is 0 Å². The summed E-state index contributed by atoms with van der Waals surface area (Å²) in [6.07, 6.45) is 1.61. The van der Waals surface area contributed by atoms with E-state index in [2.05, 4.69) is 10.6 Å². The second-order valence-corrected chi connectivity index (χ2v) is 4.91. The molecule has 2 amide bonds. The van der Waals surface area contributed by atoms with Crippen LogP contribution >= 0.6 is 0 Å². The van der Waals surface area contributed by atoms with Crippen molar-refractivity contribution in [1.29, 1.82) is 0 Å². The fraction of sp³-hybridized carbons (Fsp3) is 0.500. The third kappa shape index (κ3) is 5.19. The van der Waals surface area contributed by atoms with Gasteiger partial charge in [0.05, 0.1) is 6.54 Å². The first-order valence-electron chi connectivity index (χ1n) is 7.36. The number of likely N-dealkylation sites (N-methyl/N-ethyl adjacent to an activating group) is 2. The van der Waals surface area contributed by atoms with Gasteiger partial charge in [-0.05, 0) is 38.1 Å². The van der Waals surface area contributed by atoms with Crippen molar-refractivity contribution in [3.05, 3.63) is 35.4 Å². The Morgan fingerprint density at radius 2 is 1.90 bits per heavy atom. The first-order valence-corrected chi connectivity index (χ1v) is 7.36. The molecule has 0 bridgehead atoms. The highest BCUT2D eigenvalue weighted by molar-refractivity contribution is 5.97. The molecule has 5 nitrogen and oxygen atoms in total. The van der Waals surface area contributed by atoms with Crippen LogP contribution < -0.4 is 10.6 Å². The van der Waals surface area contributed by atoms with Crippen molar-refractivity contribution in [2.24, 2.45) is 0 Å². The SMILES string of the molecule is CCCN(CC(=O)NC)C(=O)c1ccccc1CCNC. The third-order valence-corrected chi connectivity index (χ3v) is 3.29. The normalized spacial score (nSPS) is 10.2. The number of carbonyl (C=O) groups excluding carboxylic acids is 2. The Kier molecular flexibility index (Phi) is 7.46. The summed E-state index contributed by atoms with van der Waals surface area (Å²) in [7, 11) is 3.47. The Morgan fingerprint density at radius 1 is 1.19 bits per heavy atom. The van der Waals surface area contributed by atoms with E-state index in [1.165, 1.54) is 0 Å². The minimum absolute atomic E-state index is 0.0767. The summed E-state index contributed by atoms with van der Waals surface area (Å²) in [6.45, 7) is 3.49. The van der Waals surface area contributed by atoms with Crippen LogP contribution in [0.4, 0.5) is 0 Å². The molecule has 1 rings (SSSR count). The van der Waals surface area contributed by atoms with Gasteiger partial charge in [-0.1, -0.05) is 25.1 Å². The van der Waals surface area contributed by atoms with Gasteiger partial charge in [0.2, 0.25) is 5.91 Å². The van der Waals surface area contributed by atoms with Gasteiger partial charge < -0.3 is 15.5 Å². The molecule has 0 aliphatic carbocycles. The molecule has 0 aliphatic heterocycles. The lowest BCUT2D eigenvalue weighted by Gasteiger charge is -2.22. The van der Waals surface area contributed by atoms with E-state index in [1.807, 2.05) is 38.2 Å². The standard InChI is InChI=1S/C16H25N3O2/c1-4-11-19(12-15(20)18-3)16(21)14-8-6-5-7-13(14)9-10-17-2/h5-8,17H,4,9-12H2,1-3H3,(H,18,20). The predicted molar refractivity (Wildman–Crippen MR) is 84.3 cm³/mol. The van der Waals surface area contributed by atoms with E-state index < -0.39 is 0 Å². The average Bonchev–Trinajstić information content (AvgIpc) is 2.51. The average molecular weight is 291 g/mol. The highest BCUT2D eigenvalue weighted by Crippen LogP contribution is 2.13. The zero-order valence-electron chi connectivity index (χ0n) is 13.1. The summed E-state index contributed by atoms with van der Waals surface area (Å²) < 4.78 is 0. The molecular weight excluding hydrogens is 266 g/mol. The molecule has 0 saturated carbocycles. The largest absolute Gasteiger partial charge is 0.358 e. The molecule has 0 saturated heterocycles. The van der Waals surface area contributed by atoms with E-state index in [1.54, 1.807) is 11.9 Å².